The fraction of sp³-hybridized carbons (Fsp3) is 0.221. The van der Waals surface area contributed by atoms with Gasteiger partial charge in [0.25, 0.3) is 0 Å². The van der Waals surface area contributed by atoms with Crippen LogP contribution < -0.4 is 0 Å². The van der Waals surface area contributed by atoms with Crippen molar-refractivity contribution >= 4 is 0 Å². The van der Waals surface area contributed by atoms with Gasteiger partial charge in [-0.05, 0) is 147 Å². The van der Waals surface area contributed by atoms with Crippen LogP contribution in [0.5, 0.6) is 0 Å². The third kappa shape index (κ3) is 10.6. The SMILES string of the molecule is Cc1ccc(-c2ccc(-c3ccc(C4(c5ccc(-c6ccc(-c7ccc(C8(c9ccc(-c%10ccc(-c%11ccc(C(C)(c%12ccccc%12)C(F)(F)F)cc%11)cc%10)cc9)CC[N+](C)(C)CC8)cc7)cc6)cc5)CCN(C)CC4)cc3)cc2)cc1. The van der Waals surface area contributed by atoms with Gasteiger partial charge >= 0.3 is 6.18 Å². The van der Waals surface area contributed by atoms with Crippen molar-refractivity contribution in [3.8, 4) is 66.8 Å². The summed E-state index contributed by atoms with van der Waals surface area (Å²) in [6.07, 6.45) is -0.174. The van der Waals surface area contributed by atoms with E-state index in [1.165, 1.54) is 79.2 Å². The molecular formula is C77H72F3N2+. The Balaban J connectivity index is 0.733. The van der Waals surface area contributed by atoms with Gasteiger partial charge in [-0.3, -0.25) is 0 Å². The Morgan fingerprint density at radius 3 is 0.878 bits per heavy atom. The minimum absolute atomic E-state index is 0.0434. The maximum atomic E-state index is 14.6. The van der Waals surface area contributed by atoms with Gasteiger partial charge in [0, 0.05) is 23.7 Å². The van der Waals surface area contributed by atoms with E-state index in [1.807, 2.05) is 0 Å². The average Bonchev–Trinajstić information content (AvgIpc) is 3.60. The fourth-order valence-corrected chi connectivity index (χ4v) is 13.2. The summed E-state index contributed by atoms with van der Waals surface area (Å²) >= 11 is 0. The molecule has 10 aromatic rings. The van der Waals surface area contributed by atoms with Gasteiger partial charge in [-0.2, -0.15) is 13.2 Å². The molecule has 2 nitrogen and oxygen atoms in total. The highest BCUT2D eigenvalue weighted by Crippen LogP contribution is 2.48. The molecule has 0 spiro atoms. The maximum Gasteiger partial charge on any atom is 0.402 e. The molecule has 2 heterocycles. The Labute approximate surface area is 483 Å². The van der Waals surface area contributed by atoms with Crippen molar-refractivity contribution in [1.82, 2.24) is 4.90 Å². The van der Waals surface area contributed by atoms with Gasteiger partial charge in [0.15, 0.2) is 0 Å². The second-order valence-corrected chi connectivity index (χ2v) is 24.3. The number of halogens is 3. The maximum absolute atomic E-state index is 14.6. The largest absolute Gasteiger partial charge is 0.402 e. The molecule has 0 amide bonds. The van der Waals surface area contributed by atoms with Crippen LogP contribution in [-0.4, -0.2) is 62.9 Å². The topological polar surface area (TPSA) is 3.24 Å². The summed E-state index contributed by atoms with van der Waals surface area (Å²) in [6, 6.07) is 87.5. The molecule has 0 aliphatic carbocycles. The molecule has 1 unspecified atom stereocenters. The Hall–Kier alpha value is -8.09. The second kappa shape index (κ2) is 22.0. The monoisotopic (exact) mass is 1080 g/mol. The van der Waals surface area contributed by atoms with Crippen LogP contribution in [0.25, 0.3) is 66.8 Å². The van der Waals surface area contributed by atoms with Crippen molar-refractivity contribution in [2.45, 2.75) is 62.0 Å². The lowest BCUT2D eigenvalue weighted by atomic mass is 9.67. The van der Waals surface area contributed by atoms with E-state index in [4.69, 9.17) is 0 Å². The van der Waals surface area contributed by atoms with Crippen molar-refractivity contribution in [3.05, 3.63) is 288 Å². The summed E-state index contributed by atoms with van der Waals surface area (Å²) in [5.41, 5.74) is 18.8. The summed E-state index contributed by atoms with van der Waals surface area (Å²) in [4.78, 5) is 2.46. The number of alkyl halides is 3. The number of quaternary nitrogens is 1. The molecule has 410 valence electrons. The van der Waals surface area contributed by atoms with Crippen LogP contribution in [0.2, 0.25) is 0 Å². The lowest BCUT2D eigenvalue weighted by molar-refractivity contribution is -0.896. The van der Waals surface area contributed by atoms with Gasteiger partial charge in [0.05, 0.1) is 27.2 Å². The number of hydrogen-bond acceptors (Lipinski definition) is 1. The van der Waals surface area contributed by atoms with E-state index in [0.29, 0.717) is 0 Å². The Bertz CT molecular complexity index is 3750. The smallest absolute Gasteiger partial charge is 0.328 e. The van der Waals surface area contributed by atoms with Crippen molar-refractivity contribution in [2.24, 2.45) is 0 Å². The zero-order valence-corrected chi connectivity index (χ0v) is 47.9. The number of likely N-dealkylation sites (tertiary alicyclic amines) is 2. The summed E-state index contributed by atoms with van der Waals surface area (Å²) in [6.45, 7) is 7.70. The van der Waals surface area contributed by atoms with Crippen LogP contribution in [0.15, 0.2) is 249 Å². The first-order valence-corrected chi connectivity index (χ1v) is 29.1. The normalized spacial score (nSPS) is 16.7. The predicted octanol–water partition coefficient (Wildman–Crippen LogP) is 19.0. The Morgan fingerprint density at radius 2 is 0.585 bits per heavy atom. The third-order valence-electron chi connectivity index (χ3n) is 19.0. The van der Waals surface area contributed by atoms with Crippen LogP contribution in [0.1, 0.15) is 71.6 Å². The van der Waals surface area contributed by atoms with Crippen LogP contribution in [0, 0.1) is 6.92 Å². The van der Waals surface area contributed by atoms with E-state index in [9.17, 15) is 13.2 Å². The molecule has 2 aliphatic heterocycles. The van der Waals surface area contributed by atoms with Gasteiger partial charge < -0.3 is 9.38 Å². The summed E-state index contributed by atoms with van der Waals surface area (Å²) in [7, 11) is 6.93. The van der Waals surface area contributed by atoms with Crippen LogP contribution in [0.3, 0.4) is 0 Å². The standard InChI is InChI=1S/C77H72F3N2/c1-55-11-13-56(14-12-55)57-15-17-59(18-16-57)64-29-39-70(40-30-64)75(47-51-81(3)52-48-75)71-41-31-65(32-42-71)60-23-25-62(26-24-60)67-35-45-73(46-36-67)76(49-53-82(4,5)54-50-76)72-43-33-66(34-44-72)61-21-19-58(20-22-61)63-27-37-69(38-28-63)74(2,77(78,79)80)68-9-7-6-8-10-68/h6-46H,47-54H2,1-5H3/q+1. The zero-order chi connectivity index (χ0) is 56.7. The molecule has 2 fully saturated rings. The molecule has 0 saturated carbocycles. The molecule has 2 saturated heterocycles. The number of benzene rings is 10. The van der Waals surface area contributed by atoms with Crippen molar-refractivity contribution in [1.29, 1.82) is 0 Å². The van der Waals surface area contributed by atoms with Gasteiger partial charge in [-0.15, -0.1) is 0 Å². The highest BCUT2D eigenvalue weighted by atomic mass is 19.4. The highest BCUT2D eigenvalue weighted by molar-refractivity contribution is 5.74. The number of nitrogens with zero attached hydrogens (tertiary/aromatic N) is 2. The molecule has 12 rings (SSSR count). The molecule has 10 aromatic carbocycles. The van der Waals surface area contributed by atoms with Crippen molar-refractivity contribution < 1.29 is 17.7 Å². The number of rotatable bonds is 12. The van der Waals surface area contributed by atoms with E-state index in [2.05, 4.69) is 227 Å². The summed E-state index contributed by atoms with van der Waals surface area (Å²) in [5, 5.41) is 0. The van der Waals surface area contributed by atoms with E-state index in [0.717, 1.165) is 78.6 Å². The summed E-state index contributed by atoms with van der Waals surface area (Å²) in [5.74, 6) is 0. The lowest BCUT2D eigenvalue weighted by Gasteiger charge is -2.45. The molecule has 0 N–H and O–H groups in total. The van der Waals surface area contributed by atoms with Crippen LogP contribution >= 0.6 is 0 Å². The van der Waals surface area contributed by atoms with Gasteiger partial charge in [-0.25, -0.2) is 0 Å². The molecular weight excluding hydrogens is 1010 g/mol. The molecule has 1 atom stereocenters. The van der Waals surface area contributed by atoms with E-state index in [1.54, 1.807) is 54.6 Å². The molecule has 0 bridgehead atoms. The summed E-state index contributed by atoms with van der Waals surface area (Å²) < 4.78 is 44.9. The lowest BCUT2D eigenvalue weighted by Crippen LogP contribution is -2.51. The highest BCUT2D eigenvalue weighted by Gasteiger charge is 2.53. The molecule has 0 aromatic heterocycles. The van der Waals surface area contributed by atoms with Gasteiger partial charge in [-0.1, -0.05) is 254 Å². The first kappa shape index (κ1) is 54.5. The van der Waals surface area contributed by atoms with Gasteiger partial charge in [0.1, 0.15) is 5.41 Å². The average molecular weight is 1080 g/mol. The minimum Gasteiger partial charge on any atom is -0.328 e. The molecule has 0 radical (unpaired) electrons. The minimum atomic E-state index is -4.46. The molecule has 82 heavy (non-hydrogen) atoms. The van der Waals surface area contributed by atoms with E-state index in [-0.39, 0.29) is 22.0 Å². The first-order valence-electron chi connectivity index (χ1n) is 29.1. The Kier molecular flexibility index (Phi) is 14.6. The zero-order valence-electron chi connectivity index (χ0n) is 47.9. The van der Waals surface area contributed by atoms with Crippen molar-refractivity contribution in [3.63, 3.8) is 0 Å². The van der Waals surface area contributed by atoms with E-state index >= 15 is 0 Å². The van der Waals surface area contributed by atoms with Crippen LogP contribution in [-0.2, 0) is 16.2 Å². The molecule has 5 heteroatoms. The van der Waals surface area contributed by atoms with Crippen molar-refractivity contribution in [2.75, 3.05) is 47.3 Å². The third-order valence-corrected chi connectivity index (χ3v) is 19.0. The predicted molar refractivity (Wildman–Crippen MR) is 335 cm³/mol. The number of hydrogen-bond donors (Lipinski definition) is 0. The van der Waals surface area contributed by atoms with Crippen LogP contribution in [0.4, 0.5) is 13.2 Å². The van der Waals surface area contributed by atoms with Gasteiger partial charge in [0.2, 0.25) is 0 Å². The van der Waals surface area contributed by atoms with E-state index < -0.39 is 11.6 Å². The Morgan fingerprint density at radius 1 is 0.341 bits per heavy atom. The fourth-order valence-electron chi connectivity index (χ4n) is 13.2. The second-order valence-electron chi connectivity index (χ2n) is 24.3. The quantitative estimate of drug-likeness (QED) is 0.110. The molecule has 2 aliphatic rings. The first-order chi connectivity index (χ1) is 39.6. The number of aryl methyl sites for hydroxylation is 1. The number of piperidine rings is 2.